The van der Waals surface area contributed by atoms with Crippen LogP contribution in [-0.2, 0) is 11.8 Å². The van der Waals surface area contributed by atoms with E-state index in [0.717, 1.165) is 37.6 Å². The highest BCUT2D eigenvalue weighted by atomic mass is 32.1. The summed E-state index contributed by atoms with van der Waals surface area (Å²) in [5.74, 6) is -0.183. The van der Waals surface area contributed by atoms with Crippen molar-refractivity contribution >= 4 is 33.1 Å². The maximum absolute atomic E-state index is 12.9. The normalized spacial score (nSPS) is 15.5. The maximum atomic E-state index is 12.9. The molecule has 0 radical (unpaired) electrons. The summed E-state index contributed by atoms with van der Waals surface area (Å²) in [5, 5.41) is 3.57. The molecule has 1 fully saturated rings. The Morgan fingerprint density at radius 1 is 1.24 bits per heavy atom. The van der Waals surface area contributed by atoms with Gasteiger partial charge in [0.15, 0.2) is 0 Å². The maximum Gasteiger partial charge on any atom is 0.262 e. The van der Waals surface area contributed by atoms with E-state index in [0.29, 0.717) is 20.7 Å². The molecule has 4 rings (SSSR count). The van der Waals surface area contributed by atoms with Crippen molar-refractivity contribution in [3.63, 3.8) is 0 Å². The van der Waals surface area contributed by atoms with E-state index in [-0.39, 0.29) is 17.5 Å². The fourth-order valence-corrected chi connectivity index (χ4v) is 4.61. The summed E-state index contributed by atoms with van der Waals surface area (Å²) < 4.78 is 6.83. The summed E-state index contributed by atoms with van der Waals surface area (Å²) in [5.41, 5.74) is 2.75. The molecule has 2 aromatic heterocycles. The smallest absolute Gasteiger partial charge is 0.262 e. The molecule has 1 saturated heterocycles. The molecule has 1 aliphatic heterocycles. The molecule has 0 saturated carbocycles. The van der Waals surface area contributed by atoms with Crippen molar-refractivity contribution in [3.05, 3.63) is 57.0 Å². The van der Waals surface area contributed by atoms with Crippen LogP contribution in [0.3, 0.4) is 0 Å². The van der Waals surface area contributed by atoms with Crippen LogP contribution in [0.2, 0.25) is 0 Å². The van der Waals surface area contributed by atoms with Gasteiger partial charge < -0.3 is 19.5 Å². The molecule has 0 bridgehead atoms. The molecule has 0 aliphatic carbocycles. The van der Waals surface area contributed by atoms with Crippen molar-refractivity contribution in [3.8, 4) is 0 Å². The zero-order valence-corrected chi connectivity index (χ0v) is 17.6. The van der Waals surface area contributed by atoms with E-state index in [4.69, 9.17) is 4.74 Å². The van der Waals surface area contributed by atoms with Crippen LogP contribution in [0.15, 0.2) is 35.4 Å². The monoisotopic (exact) mass is 412 g/mol. The number of carbonyl (C=O) groups is 1. The number of carbonyl (C=O) groups excluding carboxylic acids is 1. The number of nitrogens with one attached hydrogen (secondary N) is 1. The zero-order valence-electron chi connectivity index (χ0n) is 16.8. The first-order valence-corrected chi connectivity index (χ1v) is 10.5. The van der Waals surface area contributed by atoms with Gasteiger partial charge in [0, 0.05) is 25.8 Å². The molecule has 152 valence electrons. The first-order chi connectivity index (χ1) is 14.0. The van der Waals surface area contributed by atoms with E-state index in [9.17, 15) is 9.59 Å². The Labute approximate surface area is 172 Å². The van der Waals surface area contributed by atoms with E-state index >= 15 is 0 Å². The largest absolute Gasteiger partial charge is 0.378 e. The molecule has 1 N–H and O–H groups in total. The Bertz CT molecular complexity index is 1100. The first-order valence-electron chi connectivity index (χ1n) is 9.64. The highest BCUT2D eigenvalue weighted by molar-refractivity contribution is 7.20. The second-order valence-electron chi connectivity index (χ2n) is 7.28. The van der Waals surface area contributed by atoms with Gasteiger partial charge in [-0.2, -0.15) is 0 Å². The summed E-state index contributed by atoms with van der Waals surface area (Å²) in [4.78, 5) is 33.0. The third-order valence-corrected chi connectivity index (χ3v) is 6.53. The molecule has 0 spiro atoms. The van der Waals surface area contributed by atoms with Crippen LogP contribution in [0.1, 0.15) is 33.8 Å². The zero-order chi connectivity index (χ0) is 20.5. The number of benzene rings is 1. The van der Waals surface area contributed by atoms with Gasteiger partial charge in [-0.1, -0.05) is 12.1 Å². The topological polar surface area (TPSA) is 76.5 Å². The van der Waals surface area contributed by atoms with E-state index in [1.807, 2.05) is 19.1 Å². The molecule has 29 heavy (non-hydrogen) atoms. The number of aromatic nitrogens is 2. The lowest BCUT2D eigenvalue weighted by Crippen LogP contribution is -2.36. The van der Waals surface area contributed by atoms with Crippen molar-refractivity contribution in [2.75, 3.05) is 31.2 Å². The second kappa shape index (κ2) is 7.96. The molecule has 8 heteroatoms. The number of morpholine rings is 1. The van der Waals surface area contributed by atoms with Crippen LogP contribution in [0.25, 0.3) is 10.2 Å². The summed E-state index contributed by atoms with van der Waals surface area (Å²) in [6.07, 6.45) is 1.49. The summed E-state index contributed by atoms with van der Waals surface area (Å²) >= 11 is 1.26. The summed E-state index contributed by atoms with van der Waals surface area (Å²) in [7, 11) is 1.66. The van der Waals surface area contributed by atoms with Gasteiger partial charge in [-0.25, -0.2) is 4.98 Å². The number of rotatable bonds is 4. The average molecular weight is 413 g/mol. The van der Waals surface area contributed by atoms with Gasteiger partial charge in [0.05, 0.1) is 35.8 Å². The van der Waals surface area contributed by atoms with Crippen LogP contribution in [0.4, 0.5) is 5.69 Å². The minimum Gasteiger partial charge on any atom is -0.378 e. The van der Waals surface area contributed by atoms with Gasteiger partial charge >= 0.3 is 0 Å². The highest BCUT2D eigenvalue weighted by Gasteiger charge is 2.21. The fraction of sp³-hybridized carbons (Fsp3) is 0.381. The molecule has 7 nitrogen and oxygen atoms in total. The van der Waals surface area contributed by atoms with Crippen LogP contribution in [-0.4, -0.2) is 41.8 Å². The molecular formula is C21H24N4O3S. The van der Waals surface area contributed by atoms with Crippen molar-refractivity contribution in [2.45, 2.75) is 19.9 Å². The van der Waals surface area contributed by atoms with Gasteiger partial charge in [-0.05, 0) is 37.1 Å². The van der Waals surface area contributed by atoms with E-state index in [1.165, 1.54) is 22.2 Å². The molecule has 1 aliphatic rings. The van der Waals surface area contributed by atoms with Gasteiger partial charge in [0.1, 0.15) is 4.83 Å². The molecule has 1 unspecified atom stereocenters. The van der Waals surface area contributed by atoms with Crippen LogP contribution >= 0.6 is 11.3 Å². The minimum atomic E-state index is -0.183. The number of amides is 1. The Morgan fingerprint density at radius 3 is 2.62 bits per heavy atom. The number of aryl methyl sites for hydroxylation is 2. The first kappa shape index (κ1) is 19.6. The molecule has 1 aromatic carbocycles. The van der Waals surface area contributed by atoms with Gasteiger partial charge in [0.25, 0.3) is 11.5 Å². The van der Waals surface area contributed by atoms with Crippen molar-refractivity contribution in [1.82, 2.24) is 14.9 Å². The number of hydrogen-bond donors (Lipinski definition) is 1. The van der Waals surface area contributed by atoms with Gasteiger partial charge in [0.2, 0.25) is 0 Å². The Kier molecular flexibility index (Phi) is 5.38. The van der Waals surface area contributed by atoms with Crippen LogP contribution < -0.4 is 15.8 Å². The Morgan fingerprint density at radius 2 is 1.93 bits per heavy atom. The van der Waals surface area contributed by atoms with Crippen LogP contribution in [0.5, 0.6) is 0 Å². The molecule has 3 heterocycles. The standard InChI is InChI=1S/C21H24N4O3S/c1-13-17-20(22-12-24(3)21(17)27)29-18(13)19(26)23-14(2)15-4-6-16(7-5-15)25-8-10-28-11-9-25/h4-7,12,14H,8-11H2,1-3H3,(H,23,26). The predicted molar refractivity (Wildman–Crippen MR) is 115 cm³/mol. The third-order valence-electron chi connectivity index (χ3n) is 5.33. The number of thiophene rings is 1. The lowest BCUT2D eigenvalue weighted by atomic mass is 10.1. The number of fused-ring (bicyclic) bond motifs is 1. The number of nitrogens with zero attached hydrogens (tertiary/aromatic N) is 3. The second-order valence-corrected chi connectivity index (χ2v) is 8.28. The van der Waals surface area contributed by atoms with Gasteiger partial charge in [-0.15, -0.1) is 11.3 Å². The Hall–Kier alpha value is -2.71. The summed E-state index contributed by atoms with van der Waals surface area (Å²) in [6, 6.07) is 8.11. The Balaban J connectivity index is 1.51. The third kappa shape index (κ3) is 3.77. The quantitative estimate of drug-likeness (QED) is 0.713. The van der Waals surface area contributed by atoms with E-state index in [1.54, 1.807) is 14.0 Å². The fourth-order valence-electron chi connectivity index (χ4n) is 3.57. The molecule has 1 amide bonds. The van der Waals surface area contributed by atoms with E-state index in [2.05, 4.69) is 27.3 Å². The van der Waals surface area contributed by atoms with Crippen LogP contribution in [0, 0.1) is 6.92 Å². The molecular weight excluding hydrogens is 388 g/mol. The summed E-state index contributed by atoms with van der Waals surface area (Å²) in [6.45, 7) is 7.05. The SMILES string of the molecule is Cc1c(C(=O)NC(C)c2ccc(N3CCOCC3)cc2)sc2ncn(C)c(=O)c12. The van der Waals surface area contributed by atoms with Crippen molar-refractivity contribution < 1.29 is 9.53 Å². The number of anilines is 1. The molecule has 1 atom stereocenters. The van der Waals surface area contributed by atoms with Gasteiger partial charge in [-0.3, -0.25) is 9.59 Å². The van der Waals surface area contributed by atoms with Crippen molar-refractivity contribution in [1.29, 1.82) is 0 Å². The highest BCUT2D eigenvalue weighted by Crippen LogP contribution is 2.27. The lowest BCUT2D eigenvalue weighted by Gasteiger charge is -2.29. The number of ether oxygens (including phenoxy) is 1. The lowest BCUT2D eigenvalue weighted by molar-refractivity contribution is 0.0943. The predicted octanol–water partition coefficient (Wildman–Crippen LogP) is 2.63. The number of hydrogen-bond acceptors (Lipinski definition) is 6. The average Bonchev–Trinajstić information content (AvgIpc) is 3.08. The van der Waals surface area contributed by atoms with Crippen molar-refractivity contribution in [2.24, 2.45) is 7.05 Å². The molecule has 3 aromatic rings. The van der Waals surface area contributed by atoms with E-state index < -0.39 is 0 Å². The minimum absolute atomic E-state index is 0.130.